The molecule has 4 aromatic rings. The van der Waals surface area contributed by atoms with Gasteiger partial charge in [0.15, 0.2) is 12.3 Å². The van der Waals surface area contributed by atoms with Crippen LogP contribution in [0.15, 0.2) is 92.0 Å². The molecule has 3 aliphatic heterocycles. The highest BCUT2D eigenvalue weighted by Gasteiger charge is 2.48. The van der Waals surface area contributed by atoms with Crippen LogP contribution in [0.1, 0.15) is 57.6 Å². The van der Waals surface area contributed by atoms with Crippen LogP contribution < -0.4 is 4.90 Å². The van der Waals surface area contributed by atoms with Crippen LogP contribution in [0, 0.1) is 0 Å². The van der Waals surface area contributed by atoms with Gasteiger partial charge in [0.25, 0.3) is 42.2 Å². The number of imide groups is 1. The van der Waals surface area contributed by atoms with Gasteiger partial charge in [0, 0.05) is 85.5 Å². The largest absolute Gasteiger partial charge is 0.744 e. The van der Waals surface area contributed by atoms with Gasteiger partial charge in [0.2, 0.25) is 5.69 Å². The maximum Gasteiger partial charge on any atom is 0.335 e. The molecule has 3 N–H and O–H groups in total. The lowest BCUT2D eigenvalue weighted by Crippen LogP contribution is -2.32. The monoisotopic (exact) mass is 1420 g/mol. The Morgan fingerprint density at radius 3 is 1.51 bits per heavy atom. The Kier molecular flexibility index (Phi) is 27.9. The third-order valence-electron chi connectivity index (χ3n) is 15.7. The molecule has 4 aromatic carbocycles. The quantitative estimate of drug-likeness (QED) is 0.0243. The van der Waals surface area contributed by atoms with E-state index in [0.717, 1.165) is 12.1 Å². The average molecular weight is 1420 g/mol. The van der Waals surface area contributed by atoms with E-state index in [4.69, 9.17) is 56.9 Å². The molecule has 1 saturated heterocycles. The number of ether oxygens (including phenoxy) is 11. The maximum atomic E-state index is 13.0. The van der Waals surface area contributed by atoms with Crippen molar-refractivity contribution in [3.8, 4) is 0 Å². The van der Waals surface area contributed by atoms with E-state index < -0.39 is 88.7 Å². The first-order chi connectivity index (χ1) is 45.0. The molecule has 0 aliphatic carbocycles. The van der Waals surface area contributed by atoms with E-state index in [1.807, 2.05) is 30.2 Å². The van der Waals surface area contributed by atoms with Crippen LogP contribution in [0.4, 0.5) is 11.4 Å². The number of benzene rings is 4. The number of anilines is 1. The summed E-state index contributed by atoms with van der Waals surface area (Å²) in [6, 6.07) is 9.62. The summed E-state index contributed by atoms with van der Waals surface area (Å²) in [5.74, 6) is -1.88. The molecule has 526 valence electrons. The van der Waals surface area contributed by atoms with Gasteiger partial charge in [-0.15, -0.1) is 5.06 Å². The zero-order valence-electron chi connectivity index (χ0n) is 53.3. The molecule has 0 saturated carbocycles. The Hall–Kier alpha value is -5.84. The number of fused-ring (bicyclic) bond motifs is 6. The minimum absolute atomic E-state index is 0.00449. The Morgan fingerprint density at radius 1 is 0.558 bits per heavy atom. The van der Waals surface area contributed by atoms with Crippen molar-refractivity contribution in [3.05, 3.63) is 83.6 Å². The summed E-state index contributed by atoms with van der Waals surface area (Å²) in [6.07, 6.45) is 5.37. The number of carbonyl (C=O) groups excluding carboxylic acids is 3. The fourth-order valence-electron chi connectivity index (χ4n) is 11.3. The summed E-state index contributed by atoms with van der Waals surface area (Å²) in [5, 5.41) is 0.496. The van der Waals surface area contributed by atoms with Gasteiger partial charge in [-0.25, -0.2) is 13.2 Å². The van der Waals surface area contributed by atoms with Crippen molar-refractivity contribution < 1.29 is 128 Å². The molecule has 0 spiro atoms. The summed E-state index contributed by atoms with van der Waals surface area (Å²) >= 11 is 0. The van der Waals surface area contributed by atoms with Crippen LogP contribution in [0.3, 0.4) is 0 Å². The molecular formula is C61H81N3O27S4. The average Bonchev–Trinajstić information content (AvgIpc) is 1.60. The zero-order valence-corrected chi connectivity index (χ0v) is 56.6. The fraction of sp³-hybridized carbons (Fsp3) is 0.541. The van der Waals surface area contributed by atoms with Gasteiger partial charge in [-0.3, -0.25) is 23.2 Å². The third-order valence-corrected chi connectivity index (χ3v) is 19.1. The standard InChI is InChI=1S/C61H81N3O27S4/c1-60(2)53(7-6-8-54-61(3,16-20-83-26-29-87-32-31-85-24-23-81-5)59-48-40-44(93(71,72)73)42-52(95(77,78)79)46(48)10-12-50(59)63(54)17-21-80-4)62(49-11-9-45-47(58(49)60)39-43(92(68,69)70)41-51(45)94(74,75)76)18-22-84-27-30-88-34-36-90-38-37-89-35-33-86-28-25-82-19-15-57(67)91-64-55(65)13-14-56(64)66/h6-12,39-42H,13-38H2,1-5H3,(H3-,68,69,70,71,72,73,74,75,76,77,78,79). The zero-order chi connectivity index (χ0) is 69.2. The number of hydroxylamine groups is 2. The highest BCUT2D eigenvalue weighted by atomic mass is 32.2. The lowest BCUT2D eigenvalue weighted by atomic mass is 9.76. The molecule has 0 bridgehead atoms. The molecule has 30 nitrogen and oxygen atoms in total. The van der Waals surface area contributed by atoms with Crippen LogP contribution in [0.2, 0.25) is 0 Å². The topological polar surface area (TPSA) is 392 Å². The van der Waals surface area contributed by atoms with Crippen LogP contribution in [-0.4, -0.2) is 244 Å². The molecule has 3 heterocycles. The van der Waals surface area contributed by atoms with Gasteiger partial charge in [0.05, 0.1) is 145 Å². The summed E-state index contributed by atoms with van der Waals surface area (Å²) in [4.78, 5) is 38.5. The van der Waals surface area contributed by atoms with Crippen LogP contribution in [-0.2, 0) is 123 Å². The van der Waals surface area contributed by atoms with Gasteiger partial charge < -0.3 is 66.4 Å². The molecule has 1 unspecified atom stereocenters. The summed E-state index contributed by atoms with van der Waals surface area (Å²) in [6.45, 7) is 10.3. The number of rotatable bonds is 43. The van der Waals surface area contributed by atoms with Crippen LogP contribution >= 0.6 is 0 Å². The van der Waals surface area contributed by atoms with Gasteiger partial charge in [0.1, 0.15) is 21.6 Å². The molecule has 0 radical (unpaired) electrons. The van der Waals surface area contributed by atoms with Crippen molar-refractivity contribution in [3.63, 3.8) is 0 Å². The fourth-order valence-corrected chi connectivity index (χ4v) is 13.9. The first-order valence-electron chi connectivity index (χ1n) is 30.2. The Morgan fingerprint density at radius 2 is 1.01 bits per heavy atom. The molecule has 2 amide bonds. The van der Waals surface area contributed by atoms with Crippen molar-refractivity contribution >= 4 is 96.9 Å². The van der Waals surface area contributed by atoms with Crippen LogP contribution in [0.5, 0.6) is 0 Å². The number of nitrogens with zero attached hydrogens (tertiary/aromatic N) is 3. The van der Waals surface area contributed by atoms with Gasteiger partial charge in [-0.1, -0.05) is 12.1 Å². The second kappa shape index (κ2) is 34.6. The first kappa shape index (κ1) is 76.5. The van der Waals surface area contributed by atoms with Crippen LogP contribution in [0.25, 0.3) is 21.5 Å². The highest BCUT2D eigenvalue weighted by Crippen LogP contribution is 2.54. The molecular weight excluding hydrogens is 1330 g/mol. The Balaban J connectivity index is 1.07. The van der Waals surface area contributed by atoms with Gasteiger partial charge in [-0.2, -0.15) is 29.8 Å². The van der Waals surface area contributed by atoms with Gasteiger partial charge in [-0.05, 0) is 86.0 Å². The number of hydrogen-bond acceptors (Lipinski definition) is 25. The number of hydrogen-bond donors (Lipinski definition) is 3. The second-order valence-electron chi connectivity index (χ2n) is 22.4. The van der Waals surface area contributed by atoms with Crippen molar-refractivity contribution in [2.24, 2.45) is 0 Å². The molecule has 1 fully saturated rings. The van der Waals surface area contributed by atoms with E-state index in [1.165, 1.54) is 19.2 Å². The lowest BCUT2D eigenvalue weighted by molar-refractivity contribution is -0.442. The van der Waals surface area contributed by atoms with E-state index in [2.05, 4.69) is 0 Å². The molecule has 3 aliphatic rings. The third kappa shape index (κ3) is 20.2. The predicted octanol–water partition coefficient (Wildman–Crippen LogP) is 4.06. The minimum atomic E-state index is -5.32. The van der Waals surface area contributed by atoms with E-state index in [-0.39, 0.29) is 173 Å². The number of carbonyl (C=O) groups is 3. The molecule has 34 heteroatoms. The predicted molar refractivity (Wildman–Crippen MR) is 338 cm³/mol. The van der Waals surface area contributed by atoms with Crippen molar-refractivity contribution in [2.75, 3.05) is 164 Å². The van der Waals surface area contributed by atoms with Crippen molar-refractivity contribution in [1.29, 1.82) is 0 Å². The number of allylic oxidation sites excluding steroid dienone is 4. The summed E-state index contributed by atoms with van der Waals surface area (Å²) < 4.78 is 210. The minimum Gasteiger partial charge on any atom is -0.744 e. The van der Waals surface area contributed by atoms with E-state index in [1.54, 1.807) is 37.5 Å². The molecule has 95 heavy (non-hydrogen) atoms. The van der Waals surface area contributed by atoms with Crippen molar-refractivity contribution in [1.82, 2.24) is 5.06 Å². The SMILES string of the molecule is COCCOCCOCCOCCC1(C)C(=CC=CC2=[N+](CCOCCOCCOCCOCCOCCOCCC(=O)ON3C(=O)CCC3=O)c3ccc4c(S(=O)(=O)[O-])cc(S(=O)(=O)O)cc4c3C2(C)C)N(CCOC)c2ccc3c(S(=O)(=O)O)cc(S(=O)(=O)O)cc3c21. The highest BCUT2D eigenvalue weighted by molar-refractivity contribution is 7.87. The number of amides is 2. The van der Waals surface area contributed by atoms with E-state index in [0.29, 0.717) is 70.9 Å². The summed E-state index contributed by atoms with van der Waals surface area (Å²) in [7, 11) is -17.5. The Labute approximate surface area is 551 Å². The Bertz CT molecular complexity index is 3940. The van der Waals surface area contributed by atoms with E-state index >= 15 is 0 Å². The van der Waals surface area contributed by atoms with E-state index in [9.17, 15) is 66.3 Å². The molecule has 0 aromatic heterocycles. The normalized spacial score (nSPS) is 17.3. The lowest BCUT2D eigenvalue weighted by Gasteiger charge is -2.31. The van der Waals surface area contributed by atoms with Crippen molar-refractivity contribution in [2.45, 2.75) is 76.9 Å². The molecule has 7 rings (SSSR count). The smallest absolute Gasteiger partial charge is 0.335 e. The second-order valence-corrected chi connectivity index (χ2v) is 28.0. The maximum absolute atomic E-state index is 13.0. The molecule has 1 atom stereocenters. The summed E-state index contributed by atoms with van der Waals surface area (Å²) in [5.41, 5.74) is 0.673. The van der Waals surface area contributed by atoms with Gasteiger partial charge >= 0.3 is 5.97 Å². The first-order valence-corrected chi connectivity index (χ1v) is 35.9. The number of methoxy groups -OCH3 is 2.